The third-order valence-corrected chi connectivity index (χ3v) is 5.22. The van der Waals surface area contributed by atoms with E-state index in [2.05, 4.69) is 6.58 Å². The van der Waals surface area contributed by atoms with E-state index in [4.69, 9.17) is 0 Å². The fourth-order valence-corrected chi connectivity index (χ4v) is 3.69. The Bertz CT molecular complexity index is 737. The van der Waals surface area contributed by atoms with Crippen molar-refractivity contribution < 1.29 is 18.0 Å². The van der Waals surface area contributed by atoms with Crippen LogP contribution in [0.4, 0.5) is 13.2 Å². The molecule has 0 bridgehead atoms. The molecular weight excluding hydrogens is 347 g/mol. The summed E-state index contributed by atoms with van der Waals surface area (Å²) < 4.78 is 37.9. The summed E-state index contributed by atoms with van der Waals surface area (Å²) in [6, 6.07) is 9.06. The maximum atomic E-state index is 12.7. The topological polar surface area (TPSA) is 20.3 Å². The summed E-state index contributed by atoms with van der Waals surface area (Å²) in [6.07, 6.45) is -1.96. The van der Waals surface area contributed by atoms with E-state index < -0.39 is 11.7 Å². The van der Waals surface area contributed by atoms with E-state index in [0.717, 1.165) is 22.6 Å². The van der Waals surface area contributed by atoms with Crippen LogP contribution in [0.25, 0.3) is 0 Å². The first-order valence-electron chi connectivity index (χ1n) is 7.99. The van der Waals surface area contributed by atoms with Crippen LogP contribution in [0.15, 0.2) is 54.4 Å². The smallest absolute Gasteiger partial charge is 0.334 e. The molecule has 1 aliphatic rings. The Labute approximate surface area is 148 Å². The summed E-state index contributed by atoms with van der Waals surface area (Å²) in [5.74, 6) is -0.111. The van der Waals surface area contributed by atoms with Gasteiger partial charge in [-0.05, 0) is 41.5 Å². The molecule has 0 N–H and O–H groups in total. The first-order valence-corrected chi connectivity index (χ1v) is 8.87. The number of hydrogen-bond acceptors (Lipinski definition) is 2. The van der Waals surface area contributed by atoms with E-state index in [1.165, 1.54) is 12.1 Å². The molecule has 1 aliphatic carbocycles. The summed E-state index contributed by atoms with van der Waals surface area (Å²) in [6.45, 7) is 4.71. The average Bonchev–Trinajstić information content (AvgIpc) is 3.21. The summed E-state index contributed by atoms with van der Waals surface area (Å²) in [4.78, 5) is 15.6. The van der Waals surface area contributed by atoms with Gasteiger partial charge in [-0.3, -0.25) is 4.79 Å². The third-order valence-electron chi connectivity index (χ3n) is 4.36. The monoisotopic (exact) mass is 365 g/mol. The number of halogens is 3. The predicted molar refractivity (Wildman–Crippen MR) is 92.2 cm³/mol. The number of thiophene rings is 1. The van der Waals surface area contributed by atoms with Crippen LogP contribution in [0, 0.1) is 5.92 Å². The molecule has 2 atom stereocenters. The number of amides is 1. The van der Waals surface area contributed by atoms with Crippen molar-refractivity contribution in [2.24, 2.45) is 5.92 Å². The lowest BCUT2D eigenvalue weighted by Crippen LogP contribution is -2.32. The van der Waals surface area contributed by atoms with Gasteiger partial charge in [-0.25, -0.2) is 0 Å². The predicted octanol–water partition coefficient (Wildman–Crippen LogP) is 5.09. The maximum absolute atomic E-state index is 12.7. The second-order valence-corrected chi connectivity index (χ2v) is 7.19. The number of carbonyl (C=O) groups excluding carboxylic acids is 1. The van der Waals surface area contributed by atoms with Gasteiger partial charge in [0, 0.05) is 17.3 Å². The summed E-state index contributed by atoms with van der Waals surface area (Å²) in [5, 5.41) is 1.97. The number of alkyl halides is 3. The molecule has 1 heterocycles. The van der Waals surface area contributed by atoms with Gasteiger partial charge in [0.05, 0.1) is 12.1 Å². The highest BCUT2D eigenvalue weighted by Gasteiger charge is 2.45. The van der Waals surface area contributed by atoms with Gasteiger partial charge in [-0.1, -0.05) is 24.3 Å². The van der Waals surface area contributed by atoms with Crippen LogP contribution in [0.3, 0.4) is 0 Å². The molecule has 2 unspecified atom stereocenters. The van der Waals surface area contributed by atoms with E-state index in [1.807, 2.05) is 17.5 Å². The second-order valence-electron chi connectivity index (χ2n) is 6.16. The molecule has 132 valence electrons. The summed E-state index contributed by atoms with van der Waals surface area (Å²) in [5.41, 5.74) is 0.131. The molecule has 0 radical (unpaired) electrons. The van der Waals surface area contributed by atoms with E-state index >= 15 is 0 Å². The van der Waals surface area contributed by atoms with Crippen LogP contribution in [0.2, 0.25) is 0 Å². The normalized spacial score (nSPS) is 19.5. The molecule has 1 amide bonds. The molecular formula is C19H18F3NOS. The zero-order chi connectivity index (χ0) is 18.0. The van der Waals surface area contributed by atoms with Crippen molar-refractivity contribution in [3.63, 3.8) is 0 Å². The standard InChI is InChI=1S/C19H18F3NOS/c1-2-9-23(12-15-4-3-10-25-15)18(24)17-11-16(17)13-5-7-14(8-6-13)19(20,21)22/h2-8,10,16-17H,1,9,11-12H2. The fourth-order valence-electron chi connectivity index (χ4n) is 2.97. The molecule has 25 heavy (non-hydrogen) atoms. The molecule has 0 spiro atoms. The molecule has 6 heteroatoms. The van der Waals surface area contributed by atoms with Gasteiger partial charge in [0.25, 0.3) is 0 Å². The van der Waals surface area contributed by atoms with Crippen molar-refractivity contribution in [2.75, 3.05) is 6.54 Å². The Hall–Kier alpha value is -2.08. The first kappa shape index (κ1) is 17.7. The lowest BCUT2D eigenvalue weighted by atomic mass is 10.1. The van der Waals surface area contributed by atoms with Crippen LogP contribution in [0.5, 0.6) is 0 Å². The Morgan fingerprint density at radius 1 is 1.28 bits per heavy atom. The Morgan fingerprint density at radius 2 is 2.00 bits per heavy atom. The minimum atomic E-state index is -4.33. The highest BCUT2D eigenvalue weighted by molar-refractivity contribution is 7.09. The molecule has 1 saturated carbocycles. The molecule has 2 nitrogen and oxygen atoms in total. The Morgan fingerprint density at radius 3 is 2.56 bits per heavy atom. The molecule has 1 aromatic carbocycles. The lowest BCUT2D eigenvalue weighted by molar-refractivity contribution is -0.137. The molecule has 3 rings (SSSR count). The SMILES string of the molecule is C=CCN(Cc1cccs1)C(=O)C1CC1c1ccc(C(F)(F)F)cc1. The van der Waals surface area contributed by atoms with Gasteiger partial charge >= 0.3 is 6.18 Å². The van der Waals surface area contributed by atoms with E-state index in [-0.39, 0.29) is 17.7 Å². The molecule has 1 aromatic heterocycles. The molecule has 0 aliphatic heterocycles. The molecule has 2 aromatic rings. The quantitative estimate of drug-likeness (QED) is 0.654. The number of nitrogens with zero attached hydrogens (tertiary/aromatic N) is 1. The van der Waals surface area contributed by atoms with Gasteiger partial charge in [0.1, 0.15) is 0 Å². The van der Waals surface area contributed by atoms with E-state index in [0.29, 0.717) is 19.5 Å². The zero-order valence-corrected chi connectivity index (χ0v) is 14.3. The maximum Gasteiger partial charge on any atom is 0.416 e. The van der Waals surface area contributed by atoms with Gasteiger partial charge in [-0.2, -0.15) is 13.2 Å². The second kappa shape index (κ2) is 7.04. The van der Waals surface area contributed by atoms with Crippen LogP contribution in [-0.4, -0.2) is 17.4 Å². The van der Waals surface area contributed by atoms with E-state index in [9.17, 15) is 18.0 Å². The number of rotatable bonds is 6. The van der Waals surface area contributed by atoms with Crippen LogP contribution in [0.1, 0.15) is 28.3 Å². The fraction of sp³-hybridized carbons (Fsp3) is 0.316. The van der Waals surface area contributed by atoms with Crippen molar-refractivity contribution in [1.29, 1.82) is 0 Å². The van der Waals surface area contributed by atoms with Gasteiger partial charge in [0.15, 0.2) is 0 Å². The van der Waals surface area contributed by atoms with Crippen LogP contribution in [-0.2, 0) is 17.5 Å². The number of hydrogen-bond donors (Lipinski definition) is 0. The summed E-state index contributed by atoms with van der Waals surface area (Å²) >= 11 is 1.59. The molecule has 0 saturated heterocycles. The zero-order valence-electron chi connectivity index (χ0n) is 13.5. The highest BCUT2D eigenvalue weighted by atomic mass is 32.1. The first-order chi connectivity index (χ1) is 11.9. The van der Waals surface area contributed by atoms with Crippen molar-refractivity contribution in [2.45, 2.75) is 25.1 Å². The average molecular weight is 365 g/mol. The van der Waals surface area contributed by atoms with Crippen molar-refractivity contribution >= 4 is 17.2 Å². The van der Waals surface area contributed by atoms with Crippen LogP contribution >= 0.6 is 11.3 Å². The Balaban J connectivity index is 1.66. The van der Waals surface area contributed by atoms with E-state index in [1.54, 1.807) is 22.3 Å². The summed E-state index contributed by atoms with van der Waals surface area (Å²) in [7, 11) is 0. The minimum absolute atomic E-state index is 0.00503. The third kappa shape index (κ3) is 4.12. The minimum Gasteiger partial charge on any atom is -0.334 e. The lowest BCUT2D eigenvalue weighted by Gasteiger charge is -2.20. The van der Waals surface area contributed by atoms with Crippen molar-refractivity contribution in [3.05, 3.63) is 70.4 Å². The number of benzene rings is 1. The van der Waals surface area contributed by atoms with Gasteiger partial charge < -0.3 is 4.90 Å². The van der Waals surface area contributed by atoms with Gasteiger partial charge in [-0.15, -0.1) is 17.9 Å². The van der Waals surface area contributed by atoms with Gasteiger partial charge in [0.2, 0.25) is 5.91 Å². The van der Waals surface area contributed by atoms with Crippen molar-refractivity contribution in [3.8, 4) is 0 Å². The highest BCUT2D eigenvalue weighted by Crippen LogP contribution is 2.49. The number of carbonyl (C=O) groups is 1. The van der Waals surface area contributed by atoms with Crippen molar-refractivity contribution in [1.82, 2.24) is 4.90 Å². The largest absolute Gasteiger partial charge is 0.416 e. The molecule has 1 fully saturated rings. The van der Waals surface area contributed by atoms with Crippen LogP contribution < -0.4 is 0 Å². The Kier molecular flexibility index (Phi) is 4.99.